The first-order valence-corrected chi connectivity index (χ1v) is 8.54. The summed E-state index contributed by atoms with van der Waals surface area (Å²) in [7, 11) is 0. The zero-order valence-electron chi connectivity index (χ0n) is 15.1. The molecule has 128 valence electrons. The van der Waals surface area contributed by atoms with Crippen molar-refractivity contribution in [3.63, 3.8) is 0 Å². The Kier molecular flexibility index (Phi) is 7.79. The second-order valence-electron chi connectivity index (χ2n) is 6.25. The zero-order chi connectivity index (χ0) is 17.4. The van der Waals surface area contributed by atoms with Crippen LogP contribution in [0.3, 0.4) is 0 Å². The molecule has 0 saturated carbocycles. The lowest BCUT2D eigenvalue weighted by Crippen LogP contribution is -2.49. The van der Waals surface area contributed by atoms with Crippen molar-refractivity contribution < 1.29 is 9.59 Å². The predicted octanol–water partition coefficient (Wildman–Crippen LogP) is 3.43. The standard InChI is InChI=1S/C19H30N2O2/c1-6-9-18(22)21(13-17-11-8-10-14(3)12-17)16(5)19(23)20-15(4)7-2/h8,10-12,15-16H,6-7,9,13H2,1-5H3,(H,20,23)/t15-,16-/m1/s1. The molecule has 4 heteroatoms. The van der Waals surface area contributed by atoms with E-state index in [1.165, 1.54) is 0 Å². The van der Waals surface area contributed by atoms with E-state index in [0.717, 1.165) is 24.0 Å². The molecule has 4 nitrogen and oxygen atoms in total. The molecule has 2 atom stereocenters. The Morgan fingerprint density at radius 2 is 1.91 bits per heavy atom. The molecule has 1 rings (SSSR count). The van der Waals surface area contributed by atoms with Gasteiger partial charge in [0.15, 0.2) is 0 Å². The molecule has 1 aromatic carbocycles. The molecule has 2 amide bonds. The molecule has 1 N–H and O–H groups in total. The fraction of sp³-hybridized carbons (Fsp3) is 0.579. The summed E-state index contributed by atoms with van der Waals surface area (Å²) in [6, 6.07) is 7.72. The van der Waals surface area contributed by atoms with E-state index in [4.69, 9.17) is 0 Å². The van der Waals surface area contributed by atoms with Crippen LogP contribution in [0.25, 0.3) is 0 Å². The van der Waals surface area contributed by atoms with E-state index in [1.54, 1.807) is 11.8 Å². The lowest BCUT2D eigenvalue weighted by molar-refractivity contribution is -0.140. The molecule has 0 radical (unpaired) electrons. The van der Waals surface area contributed by atoms with Crippen LogP contribution in [0.15, 0.2) is 24.3 Å². The number of hydrogen-bond acceptors (Lipinski definition) is 2. The molecule has 0 spiro atoms. The fourth-order valence-corrected chi connectivity index (χ4v) is 2.41. The minimum absolute atomic E-state index is 0.0285. The van der Waals surface area contributed by atoms with Crippen molar-refractivity contribution in [3.8, 4) is 0 Å². The molecule has 0 saturated heterocycles. The number of benzene rings is 1. The third-order valence-corrected chi connectivity index (χ3v) is 4.07. The molecular formula is C19H30N2O2. The van der Waals surface area contributed by atoms with E-state index in [-0.39, 0.29) is 17.9 Å². The van der Waals surface area contributed by atoms with Crippen LogP contribution in [0.4, 0.5) is 0 Å². The van der Waals surface area contributed by atoms with Gasteiger partial charge in [0.2, 0.25) is 11.8 Å². The lowest BCUT2D eigenvalue weighted by atomic mass is 10.1. The van der Waals surface area contributed by atoms with Gasteiger partial charge in [0, 0.05) is 19.0 Å². The first-order valence-electron chi connectivity index (χ1n) is 8.54. The molecular weight excluding hydrogens is 288 g/mol. The van der Waals surface area contributed by atoms with Gasteiger partial charge in [-0.2, -0.15) is 0 Å². The molecule has 0 heterocycles. The number of carbonyl (C=O) groups is 2. The van der Waals surface area contributed by atoms with Crippen LogP contribution in [0.5, 0.6) is 0 Å². The third-order valence-electron chi connectivity index (χ3n) is 4.07. The summed E-state index contributed by atoms with van der Waals surface area (Å²) in [5, 5.41) is 2.97. The van der Waals surface area contributed by atoms with Crippen LogP contribution in [-0.2, 0) is 16.1 Å². The van der Waals surface area contributed by atoms with Gasteiger partial charge >= 0.3 is 0 Å². The first kappa shape index (κ1) is 19.2. The Morgan fingerprint density at radius 3 is 2.48 bits per heavy atom. The van der Waals surface area contributed by atoms with Crippen LogP contribution < -0.4 is 5.32 Å². The second kappa shape index (κ2) is 9.33. The maximum Gasteiger partial charge on any atom is 0.242 e. The average molecular weight is 318 g/mol. The highest BCUT2D eigenvalue weighted by molar-refractivity contribution is 5.87. The highest BCUT2D eigenvalue weighted by atomic mass is 16.2. The van der Waals surface area contributed by atoms with Crippen molar-refractivity contribution in [2.45, 2.75) is 72.5 Å². The minimum atomic E-state index is -0.469. The van der Waals surface area contributed by atoms with Gasteiger partial charge in [0.1, 0.15) is 6.04 Å². The van der Waals surface area contributed by atoms with Gasteiger partial charge in [-0.25, -0.2) is 0 Å². The van der Waals surface area contributed by atoms with Gasteiger partial charge in [-0.1, -0.05) is 43.7 Å². The van der Waals surface area contributed by atoms with E-state index < -0.39 is 6.04 Å². The maximum absolute atomic E-state index is 12.5. The summed E-state index contributed by atoms with van der Waals surface area (Å²) >= 11 is 0. The maximum atomic E-state index is 12.5. The van der Waals surface area contributed by atoms with E-state index >= 15 is 0 Å². The fourth-order valence-electron chi connectivity index (χ4n) is 2.41. The number of nitrogens with zero attached hydrogens (tertiary/aromatic N) is 1. The second-order valence-corrected chi connectivity index (χ2v) is 6.25. The average Bonchev–Trinajstić information content (AvgIpc) is 2.52. The number of nitrogens with one attached hydrogen (secondary N) is 1. The Balaban J connectivity index is 2.91. The number of carbonyl (C=O) groups excluding carboxylic acids is 2. The number of rotatable bonds is 8. The summed E-state index contributed by atoms with van der Waals surface area (Å²) in [6.45, 7) is 10.3. The van der Waals surface area contributed by atoms with Gasteiger partial charge in [0.25, 0.3) is 0 Å². The number of aryl methyl sites for hydroxylation is 1. The van der Waals surface area contributed by atoms with Crippen LogP contribution in [0.2, 0.25) is 0 Å². The Hall–Kier alpha value is -1.84. The summed E-state index contributed by atoms with van der Waals surface area (Å²) in [5.41, 5.74) is 2.21. The summed E-state index contributed by atoms with van der Waals surface area (Å²) in [4.78, 5) is 26.6. The Labute approximate surface area is 140 Å². The molecule has 0 aliphatic heterocycles. The van der Waals surface area contributed by atoms with Crippen LogP contribution >= 0.6 is 0 Å². The van der Waals surface area contributed by atoms with Gasteiger partial charge in [-0.3, -0.25) is 9.59 Å². The summed E-state index contributed by atoms with van der Waals surface area (Å²) in [6.07, 6.45) is 2.12. The Bertz CT molecular complexity index is 528. The Morgan fingerprint density at radius 1 is 1.22 bits per heavy atom. The quantitative estimate of drug-likeness (QED) is 0.798. The smallest absolute Gasteiger partial charge is 0.242 e. The molecule has 0 aliphatic carbocycles. The van der Waals surface area contributed by atoms with Crippen molar-refractivity contribution in [3.05, 3.63) is 35.4 Å². The van der Waals surface area contributed by atoms with Gasteiger partial charge in [0.05, 0.1) is 0 Å². The zero-order valence-corrected chi connectivity index (χ0v) is 15.1. The van der Waals surface area contributed by atoms with Gasteiger partial charge < -0.3 is 10.2 Å². The van der Waals surface area contributed by atoms with Crippen LogP contribution in [-0.4, -0.2) is 28.8 Å². The van der Waals surface area contributed by atoms with E-state index in [0.29, 0.717) is 13.0 Å². The molecule has 23 heavy (non-hydrogen) atoms. The highest BCUT2D eigenvalue weighted by Gasteiger charge is 2.26. The van der Waals surface area contributed by atoms with Gasteiger partial charge in [-0.15, -0.1) is 0 Å². The van der Waals surface area contributed by atoms with Crippen LogP contribution in [0.1, 0.15) is 58.1 Å². The monoisotopic (exact) mass is 318 g/mol. The molecule has 0 aliphatic rings. The van der Waals surface area contributed by atoms with Gasteiger partial charge in [-0.05, 0) is 39.2 Å². The summed E-state index contributed by atoms with van der Waals surface area (Å²) in [5.74, 6) is -0.0581. The topological polar surface area (TPSA) is 49.4 Å². The molecule has 0 aromatic heterocycles. The van der Waals surface area contributed by atoms with Crippen LogP contribution in [0, 0.1) is 6.92 Å². The van der Waals surface area contributed by atoms with E-state index in [1.807, 2.05) is 45.9 Å². The van der Waals surface area contributed by atoms with Crippen molar-refractivity contribution >= 4 is 11.8 Å². The molecule has 1 aromatic rings. The lowest BCUT2D eigenvalue weighted by Gasteiger charge is -2.29. The van der Waals surface area contributed by atoms with Crippen molar-refractivity contribution in [2.24, 2.45) is 0 Å². The predicted molar refractivity (Wildman–Crippen MR) is 94.0 cm³/mol. The summed E-state index contributed by atoms with van der Waals surface area (Å²) < 4.78 is 0. The number of amides is 2. The van der Waals surface area contributed by atoms with E-state index in [9.17, 15) is 9.59 Å². The largest absolute Gasteiger partial charge is 0.352 e. The van der Waals surface area contributed by atoms with Crippen molar-refractivity contribution in [1.29, 1.82) is 0 Å². The molecule has 0 unspecified atom stereocenters. The van der Waals surface area contributed by atoms with Crippen molar-refractivity contribution in [1.82, 2.24) is 10.2 Å². The minimum Gasteiger partial charge on any atom is -0.352 e. The first-order chi connectivity index (χ1) is 10.9. The van der Waals surface area contributed by atoms with E-state index in [2.05, 4.69) is 11.4 Å². The molecule has 0 fully saturated rings. The van der Waals surface area contributed by atoms with Crippen molar-refractivity contribution in [2.75, 3.05) is 0 Å². The third kappa shape index (κ3) is 6.05. The molecule has 0 bridgehead atoms. The number of hydrogen-bond donors (Lipinski definition) is 1. The highest BCUT2D eigenvalue weighted by Crippen LogP contribution is 2.13. The normalized spacial score (nSPS) is 13.3. The SMILES string of the molecule is CCCC(=O)N(Cc1cccc(C)c1)[C@H](C)C(=O)N[C@H](C)CC.